The van der Waals surface area contributed by atoms with Crippen molar-refractivity contribution in [3.63, 3.8) is 0 Å². The van der Waals surface area contributed by atoms with Gasteiger partial charge in [-0.3, -0.25) is 4.79 Å². The third-order valence-corrected chi connectivity index (χ3v) is 4.54. The summed E-state index contributed by atoms with van der Waals surface area (Å²) < 4.78 is 0. The van der Waals surface area contributed by atoms with E-state index in [9.17, 15) is 9.90 Å². The first-order valence-electron chi connectivity index (χ1n) is 7.49. The van der Waals surface area contributed by atoms with Crippen LogP contribution in [-0.4, -0.2) is 49.4 Å². The number of aliphatic hydroxyl groups is 1. The highest BCUT2D eigenvalue weighted by molar-refractivity contribution is 6.31. The van der Waals surface area contributed by atoms with Gasteiger partial charge in [-0.25, -0.2) is 4.98 Å². The topological polar surface area (TPSA) is 95.0 Å². The molecule has 1 aliphatic heterocycles. The Hall–Kier alpha value is -2.51. The van der Waals surface area contributed by atoms with Gasteiger partial charge in [-0.15, -0.1) is 0 Å². The average molecular weight is 344 g/mol. The summed E-state index contributed by atoms with van der Waals surface area (Å²) in [4.78, 5) is 18.7. The number of nitrogens with one attached hydrogen (secondary N) is 1. The van der Waals surface area contributed by atoms with E-state index in [1.165, 1.54) is 6.20 Å². The maximum atomic E-state index is 12.7. The van der Waals surface area contributed by atoms with Gasteiger partial charge in [-0.2, -0.15) is 15.4 Å². The second kappa shape index (κ2) is 5.54. The second-order valence-electron chi connectivity index (χ2n) is 5.90. The first-order valence-corrected chi connectivity index (χ1v) is 7.87. The molecule has 1 aliphatic rings. The van der Waals surface area contributed by atoms with E-state index in [0.717, 1.165) is 5.39 Å². The number of benzene rings is 1. The largest absolute Gasteiger partial charge is 0.381 e. The number of H-pyrrole nitrogens is 1. The third kappa shape index (κ3) is 2.51. The molecule has 1 aromatic carbocycles. The van der Waals surface area contributed by atoms with E-state index in [4.69, 9.17) is 11.6 Å². The van der Waals surface area contributed by atoms with E-state index in [-0.39, 0.29) is 12.5 Å². The number of halogens is 1. The molecule has 0 radical (unpaired) electrons. The fourth-order valence-electron chi connectivity index (χ4n) is 2.97. The number of hydrogen-bond acceptors (Lipinski definition) is 5. The molecule has 2 N–H and O–H groups in total. The van der Waals surface area contributed by atoms with Gasteiger partial charge in [0, 0.05) is 23.4 Å². The number of rotatable bonds is 2. The molecule has 2 aromatic heterocycles. The monoisotopic (exact) mass is 343 g/mol. The molecule has 8 heteroatoms. The lowest BCUT2D eigenvalue weighted by atomic mass is 10.00. The summed E-state index contributed by atoms with van der Waals surface area (Å²) in [5, 5.41) is 22.3. The van der Waals surface area contributed by atoms with Crippen LogP contribution in [0, 0.1) is 0 Å². The molecule has 0 bridgehead atoms. The number of amides is 1. The molecule has 24 heavy (non-hydrogen) atoms. The number of β-amino-alcohol motifs (C(OH)–C–C–N with tert-alkyl or cyclic N) is 1. The Kier molecular flexibility index (Phi) is 3.47. The fraction of sp³-hybridized carbons (Fsp3) is 0.250. The SMILES string of the molecule is O=C(c1ccc2ccc(Cl)cc2n1)N1CCC(O)(c2cn[nH]n2)C1. The standard InChI is InChI=1S/C16H14ClN5O2/c17-11-3-1-10-2-4-12(19-13(10)7-11)15(23)22-6-5-16(24,9-22)14-8-18-21-20-14/h1-4,7-8,24H,5-6,9H2,(H,18,20,21). The van der Waals surface area contributed by atoms with Crippen molar-refractivity contribution in [2.24, 2.45) is 0 Å². The van der Waals surface area contributed by atoms with Gasteiger partial charge in [-0.05, 0) is 18.2 Å². The van der Waals surface area contributed by atoms with E-state index >= 15 is 0 Å². The summed E-state index contributed by atoms with van der Waals surface area (Å²) in [5.41, 5.74) is 0.257. The number of carbonyl (C=O) groups is 1. The summed E-state index contributed by atoms with van der Waals surface area (Å²) in [5.74, 6) is -0.226. The molecule has 1 fully saturated rings. The number of fused-ring (bicyclic) bond motifs is 1. The van der Waals surface area contributed by atoms with Crippen LogP contribution < -0.4 is 0 Å². The van der Waals surface area contributed by atoms with Gasteiger partial charge in [0.25, 0.3) is 5.91 Å². The van der Waals surface area contributed by atoms with Gasteiger partial charge in [0.2, 0.25) is 0 Å². The fourth-order valence-corrected chi connectivity index (χ4v) is 3.14. The first-order chi connectivity index (χ1) is 11.5. The lowest BCUT2D eigenvalue weighted by molar-refractivity contribution is 0.0380. The van der Waals surface area contributed by atoms with Crippen LogP contribution in [0.4, 0.5) is 0 Å². The molecule has 0 aliphatic carbocycles. The number of nitrogens with zero attached hydrogens (tertiary/aromatic N) is 4. The summed E-state index contributed by atoms with van der Waals surface area (Å²) >= 11 is 5.99. The molecule has 0 spiro atoms. The molecule has 1 amide bonds. The van der Waals surface area contributed by atoms with Crippen molar-refractivity contribution in [3.8, 4) is 0 Å². The Bertz CT molecular complexity index is 914. The molecular formula is C16H14ClN5O2. The minimum Gasteiger partial charge on any atom is -0.381 e. The highest BCUT2D eigenvalue weighted by Gasteiger charge is 2.42. The van der Waals surface area contributed by atoms with E-state index in [0.29, 0.717) is 34.9 Å². The highest BCUT2D eigenvalue weighted by atomic mass is 35.5. The smallest absolute Gasteiger partial charge is 0.272 e. The normalized spacial score (nSPS) is 20.7. The van der Waals surface area contributed by atoms with Crippen LogP contribution in [-0.2, 0) is 5.60 Å². The van der Waals surface area contributed by atoms with Gasteiger partial charge in [0.1, 0.15) is 17.0 Å². The van der Waals surface area contributed by atoms with Crippen LogP contribution in [0.3, 0.4) is 0 Å². The van der Waals surface area contributed by atoms with Crippen LogP contribution in [0.25, 0.3) is 10.9 Å². The Labute approximate surface area is 142 Å². The molecule has 4 rings (SSSR count). The van der Waals surface area contributed by atoms with E-state index in [1.54, 1.807) is 23.1 Å². The zero-order valence-electron chi connectivity index (χ0n) is 12.6. The minimum absolute atomic E-state index is 0.160. The van der Waals surface area contributed by atoms with Crippen LogP contribution in [0.15, 0.2) is 36.5 Å². The summed E-state index contributed by atoms with van der Waals surface area (Å²) in [6, 6.07) is 8.89. The van der Waals surface area contributed by atoms with Gasteiger partial charge >= 0.3 is 0 Å². The van der Waals surface area contributed by atoms with Crippen molar-refractivity contribution in [1.29, 1.82) is 0 Å². The first kappa shape index (κ1) is 15.0. The minimum atomic E-state index is -1.18. The van der Waals surface area contributed by atoms with E-state index in [2.05, 4.69) is 20.4 Å². The summed E-state index contributed by atoms with van der Waals surface area (Å²) in [6.45, 7) is 0.588. The number of hydrogen-bond donors (Lipinski definition) is 2. The van der Waals surface area contributed by atoms with Crippen molar-refractivity contribution in [3.05, 3.63) is 52.9 Å². The van der Waals surface area contributed by atoms with Gasteiger partial charge in [0.15, 0.2) is 0 Å². The molecule has 1 atom stereocenters. The number of likely N-dealkylation sites (tertiary alicyclic amines) is 1. The van der Waals surface area contributed by atoms with E-state index in [1.807, 2.05) is 12.1 Å². The number of carbonyl (C=O) groups excluding carboxylic acids is 1. The molecule has 7 nitrogen and oxygen atoms in total. The van der Waals surface area contributed by atoms with Crippen molar-refractivity contribution in [1.82, 2.24) is 25.3 Å². The quantitative estimate of drug-likeness (QED) is 0.739. The molecular weight excluding hydrogens is 330 g/mol. The van der Waals surface area contributed by atoms with Crippen molar-refractivity contribution in [2.75, 3.05) is 13.1 Å². The molecule has 1 unspecified atom stereocenters. The number of pyridine rings is 1. The molecule has 122 valence electrons. The predicted octanol–water partition coefficient (Wildman–Crippen LogP) is 1.74. The van der Waals surface area contributed by atoms with Gasteiger partial charge < -0.3 is 10.0 Å². The lowest BCUT2D eigenvalue weighted by Gasteiger charge is -2.20. The number of aromatic amines is 1. The highest BCUT2D eigenvalue weighted by Crippen LogP contribution is 2.31. The zero-order valence-corrected chi connectivity index (χ0v) is 13.4. The summed E-state index contributed by atoms with van der Waals surface area (Å²) in [6.07, 6.45) is 1.88. The predicted molar refractivity (Wildman–Crippen MR) is 87.6 cm³/mol. The molecule has 0 saturated carbocycles. The maximum absolute atomic E-state index is 12.7. The van der Waals surface area contributed by atoms with Crippen molar-refractivity contribution in [2.45, 2.75) is 12.0 Å². The molecule has 3 heterocycles. The van der Waals surface area contributed by atoms with Crippen LogP contribution in [0.2, 0.25) is 5.02 Å². The Morgan fingerprint density at radius 1 is 1.33 bits per heavy atom. The van der Waals surface area contributed by atoms with Gasteiger partial charge in [0.05, 0.1) is 18.3 Å². The Morgan fingerprint density at radius 3 is 2.96 bits per heavy atom. The molecule has 3 aromatic rings. The van der Waals surface area contributed by atoms with Crippen LogP contribution >= 0.6 is 11.6 Å². The average Bonchev–Trinajstić information content (AvgIpc) is 3.24. The zero-order chi connectivity index (χ0) is 16.7. The van der Waals surface area contributed by atoms with Crippen LogP contribution in [0.5, 0.6) is 0 Å². The van der Waals surface area contributed by atoms with Crippen molar-refractivity contribution < 1.29 is 9.90 Å². The second-order valence-corrected chi connectivity index (χ2v) is 6.33. The van der Waals surface area contributed by atoms with E-state index < -0.39 is 5.60 Å². The summed E-state index contributed by atoms with van der Waals surface area (Å²) in [7, 11) is 0. The maximum Gasteiger partial charge on any atom is 0.272 e. The lowest BCUT2D eigenvalue weighted by Crippen LogP contribution is -2.35. The van der Waals surface area contributed by atoms with Gasteiger partial charge in [-0.1, -0.05) is 23.7 Å². The van der Waals surface area contributed by atoms with Crippen LogP contribution in [0.1, 0.15) is 22.6 Å². The Morgan fingerprint density at radius 2 is 2.17 bits per heavy atom. The third-order valence-electron chi connectivity index (χ3n) is 4.30. The molecule has 1 saturated heterocycles. The Balaban J connectivity index is 1.60. The number of aromatic nitrogens is 4. The van der Waals surface area contributed by atoms with Crippen molar-refractivity contribution >= 4 is 28.4 Å².